The highest BCUT2D eigenvalue weighted by Crippen LogP contribution is 2.35. The fourth-order valence-electron chi connectivity index (χ4n) is 3.68. The Morgan fingerprint density at radius 2 is 1.78 bits per heavy atom. The van der Waals surface area contributed by atoms with E-state index in [1.165, 1.54) is 0 Å². The number of aromatic nitrogens is 3. The second-order valence-electron chi connectivity index (χ2n) is 7.90. The molecule has 0 atom stereocenters. The average Bonchev–Trinajstić information content (AvgIpc) is 3.15. The van der Waals surface area contributed by atoms with Crippen molar-refractivity contribution in [1.82, 2.24) is 25.2 Å². The van der Waals surface area contributed by atoms with E-state index in [2.05, 4.69) is 39.9 Å². The van der Waals surface area contributed by atoms with Gasteiger partial charge in [0.1, 0.15) is 11.5 Å². The molecule has 0 aliphatic heterocycles. The molecule has 0 saturated carbocycles. The van der Waals surface area contributed by atoms with Crippen molar-refractivity contribution in [2.75, 3.05) is 44.4 Å². The number of nitrogens with one attached hydrogen (secondary N) is 4. The van der Waals surface area contributed by atoms with Gasteiger partial charge in [-0.05, 0) is 52.2 Å². The number of carbonyl (C=O) groups excluding carboxylic acids is 1. The minimum Gasteiger partial charge on any atom is -0.369 e. The molecular formula is C24H29N7O. The molecule has 0 aliphatic rings. The predicted octanol–water partition coefficient (Wildman–Crippen LogP) is 4.28. The van der Waals surface area contributed by atoms with E-state index in [-0.39, 0.29) is 6.03 Å². The van der Waals surface area contributed by atoms with Crippen LogP contribution in [0.5, 0.6) is 0 Å². The minimum atomic E-state index is -0.263. The number of para-hydroxylation sites is 2. The number of nitrogens with zero attached hydrogens (tertiary/aromatic N) is 3. The first kappa shape index (κ1) is 21.6. The summed E-state index contributed by atoms with van der Waals surface area (Å²) in [4.78, 5) is 27.6. The number of carbonyl (C=O) groups is 1. The van der Waals surface area contributed by atoms with Crippen molar-refractivity contribution in [3.05, 3.63) is 48.5 Å². The summed E-state index contributed by atoms with van der Waals surface area (Å²) in [7, 11) is 4.13. The van der Waals surface area contributed by atoms with Gasteiger partial charge in [-0.1, -0.05) is 30.3 Å². The molecule has 4 aromatic rings. The van der Waals surface area contributed by atoms with Crippen LogP contribution in [0.1, 0.15) is 13.3 Å². The second-order valence-corrected chi connectivity index (χ2v) is 7.90. The summed E-state index contributed by atoms with van der Waals surface area (Å²) in [6.45, 7) is 4.22. The van der Waals surface area contributed by atoms with Gasteiger partial charge in [-0.25, -0.2) is 14.8 Å². The second kappa shape index (κ2) is 9.65. The Labute approximate surface area is 187 Å². The molecule has 8 nitrogen and oxygen atoms in total. The SMILES string of the molecule is CCNC(=O)Nc1c(-c2nc(NCCCN(C)C)c3ccccc3n2)[nH]c2ccccc12. The smallest absolute Gasteiger partial charge is 0.319 e. The van der Waals surface area contributed by atoms with Gasteiger partial charge in [0.2, 0.25) is 0 Å². The van der Waals surface area contributed by atoms with Gasteiger partial charge in [-0.15, -0.1) is 0 Å². The maximum absolute atomic E-state index is 12.4. The van der Waals surface area contributed by atoms with Crippen molar-refractivity contribution in [1.29, 1.82) is 0 Å². The predicted molar refractivity (Wildman–Crippen MR) is 131 cm³/mol. The fraction of sp³-hybridized carbons (Fsp3) is 0.292. The first-order chi connectivity index (χ1) is 15.6. The molecule has 2 heterocycles. The summed E-state index contributed by atoms with van der Waals surface area (Å²) in [6.07, 6.45) is 0.997. The van der Waals surface area contributed by atoms with Crippen LogP contribution in [-0.4, -0.2) is 59.6 Å². The number of urea groups is 1. The highest BCUT2D eigenvalue weighted by Gasteiger charge is 2.19. The Bertz CT molecular complexity index is 1230. The maximum atomic E-state index is 12.4. The molecule has 0 bridgehead atoms. The first-order valence-electron chi connectivity index (χ1n) is 10.9. The molecule has 0 fully saturated rings. The van der Waals surface area contributed by atoms with E-state index in [0.29, 0.717) is 23.8 Å². The number of hydrogen-bond acceptors (Lipinski definition) is 5. The summed E-state index contributed by atoms with van der Waals surface area (Å²) in [5, 5.41) is 11.1. The number of fused-ring (bicyclic) bond motifs is 2. The molecule has 4 rings (SSSR count). The van der Waals surface area contributed by atoms with Crippen LogP contribution in [0, 0.1) is 0 Å². The standard InChI is InChI=1S/C24H29N7O/c1-4-25-24(32)29-20-16-10-5-7-12-18(16)27-21(20)23-28-19-13-8-6-11-17(19)22(30-23)26-14-9-15-31(2)3/h5-8,10-13,27H,4,9,14-15H2,1-3H3,(H2,25,29,32)(H,26,28,30). The van der Waals surface area contributed by atoms with Gasteiger partial charge in [0.25, 0.3) is 0 Å². The number of aromatic amines is 1. The lowest BCUT2D eigenvalue weighted by atomic mass is 10.2. The molecular weight excluding hydrogens is 402 g/mol. The number of hydrogen-bond donors (Lipinski definition) is 4. The van der Waals surface area contributed by atoms with Crippen LogP contribution in [0.2, 0.25) is 0 Å². The summed E-state index contributed by atoms with van der Waals surface area (Å²) < 4.78 is 0. The number of benzene rings is 2. The van der Waals surface area contributed by atoms with E-state index in [9.17, 15) is 4.79 Å². The molecule has 2 amide bonds. The van der Waals surface area contributed by atoms with Crippen molar-refractivity contribution in [2.24, 2.45) is 0 Å². The summed E-state index contributed by atoms with van der Waals surface area (Å²) >= 11 is 0. The molecule has 2 aromatic heterocycles. The van der Waals surface area contributed by atoms with Crippen LogP contribution >= 0.6 is 0 Å². The Morgan fingerprint density at radius 3 is 2.56 bits per heavy atom. The molecule has 0 saturated heterocycles. The molecule has 0 radical (unpaired) electrons. The Hall–Kier alpha value is -3.65. The Balaban J connectivity index is 1.78. The van der Waals surface area contributed by atoms with Crippen LogP contribution in [0.15, 0.2) is 48.5 Å². The largest absolute Gasteiger partial charge is 0.369 e. The van der Waals surface area contributed by atoms with Crippen LogP contribution in [-0.2, 0) is 0 Å². The van der Waals surface area contributed by atoms with Crippen molar-refractivity contribution in [3.63, 3.8) is 0 Å². The number of amides is 2. The third-order valence-electron chi connectivity index (χ3n) is 5.18. The zero-order valence-corrected chi connectivity index (χ0v) is 18.7. The number of anilines is 2. The molecule has 32 heavy (non-hydrogen) atoms. The lowest BCUT2D eigenvalue weighted by molar-refractivity contribution is 0.252. The van der Waals surface area contributed by atoms with Crippen molar-refractivity contribution < 1.29 is 4.79 Å². The average molecular weight is 432 g/mol. The van der Waals surface area contributed by atoms with Gasteiger partial charge in [-0.2, -0.15) is 0 Å². The first-order valence-corrected chi connectivity index (χ1v) is 10.9. The van der Waals surface area contributed by atoms with E-state index in [1.807, 2.05) is 55.5 Å². The molecule has 4 N–H and O–H groups in total. The molecule has 166 valence electrons. The quantitative estimate of drug-likeness (QED) is 0.312. The molecule has 0 aliphatic carbocycles. The summed E-state index contributed by atoms with van der Waals surface area (Å²) in [5.41, 5.74) is 3.10. The van der Waals surface area contributed by atoms with Crippen molar-refractivity contribution >= 4 is 39.3 Å². The van der Waals surface area contributed by atoms with Crippen LogP contribution < -0.4 is 16.0 Å². The van der Waals surface area contributed by atoms with E-state index < -0.39 is 0 Å². The third-order valence-corrected chi connectivity index (χ3v) is 5.18. The Morgan fingerprint density at radius 1 is 1.03 bits per heavy atom. The van der Waals surface area contributed by atoms with Gasteiger partial charge < -0.3 is 25.8 Å². The molecule has 0 unspecified atom stereocenters. The Kier molecular flexibility index (Phi) is 6.51. The van der Waals surface area contributed by atoms with Crippen LogP contribution in [0.4, 0.5) is 16.3 Å². The van der Waals surface area contributed by atoms with Gasteiger partial charge in [0.05, 0.1) is 11.2 Å². The summed E-state index contributed by atoms with van der Waals surface area (Å²) in [6, 6.07) is 15.5. The topological polar surface area (TPSA) is 98.0 Å². The van der Waals surface area contributed by atoms with Crippen molar-refractivity contribution in [2.45, 2.75) is 13.3 Å². The van der Waals surface area contributed by atoms with E-state index >= 15 is 0 Å². The lowest BCUT2D eigenvalue weighted by Gasteiger charge is -2.13. The lowest BCUT2D eigenvalue weighted by Crippen LogP contribution is -2.28. The van der Waals surface area contributed by atoms with E-state index in [0.717, 1.165) is 47.1 Å². The zero-order valence-electron chi connectivity index (χ0n) is 18.7. The van der Waals surface area contributed by atoms with Gasteiger partial charge in [0, 0.05) is 29.4 Å². The van der Waals surface area contributed by atoms with Crippen molar-refractivity contribution in [3.8, 4) is 11.5 Å². The molecule has 2 aromatic carbocycles. The highest BCUT2D eigenvalue weighted by atomic mass is 16.2. The highest BCUT2D eigenvalue weighted by molar-refractivity contribution is 6.07. The van der Waals surface area contributed by atoms with Crippen LogP contribution in [0.25, 0.3) is 33.3 Å². The van der Waals surface area contributed by atoms with E-state index in [4.69, 9.17) is 9.97 Å². The zero-order chi connectivity index (χ0) is 22.5. The molecule has 0 spiro atoms. The fourth-order valence-corrected chi connectivity index (χ4v) is 3.68. The maximum Gasteiger partial charge on any atom is 0.319 e. The molecule has 8 heteroatoms. The number of rotatable bonds is 8. The monoisotopic (exact) mass is 431 g/mol. The minimum absolute atomic E-state index is 0.263. The summed E-state index contributed by atoms with van der Waals surface area (Å²) in [5.74, 6) is 1.31. The van der Waals surface area contributed by atoms with Gasteiger partial charge in [-0.3, -0.25) is 0 Å². The van der Waals surface area contributed by atoms with Gasteiger partial charge >= 0.3 is 6.03 Å². The number of H-pyrrole nitrogens is 1. The van der Waals surface area contributed by atoms with E-state index in [1.54, 1.807) is 0 Å². The van der Waals surface area contributed by atoms with Crippen LogP contribution in [0.3, 0.4) is 0 Å². The third kappa shape index (κ3) is 4.65. The normalized spacial score (nSPS) is 11.2. The van der Waals surface area contributed by atoms with Gasteiger partial charge in [0.15, 0.2) is 5.82 Å².